The van der Waals surface area contributed by atoms with Crippen LogP contribution in [-0.2, 0) is 4.79 Å². The number of hydrogen-bond acceptors (Lipinski definition) is 2. The Bertz CT molecular complexity index is 124. The maximum atomic E-state index is 10.3. The van der Waals surface area contributed by atoms with Gasteiger partial charge in [0, 0.05) is 6.04 Å². The molecule has 1 saturated carbocycles. The first kappa shape index (κ1) is 6.55. The SMILES string of the molecule is N[C]1CCC(C(=O)O)C1. The van der Waals surface area contributed by atoms with Crippen LogP contribution < -0.4 is 5.73 Å². The first-order valence-electron chi connectivity index (χ1n) is 3.03. The highest BCUT2D eigenvalue weighted by Crippen LogP contribution is 2.28. The van der Waals surface area contributed by atoms with Gasteiger partial charge >= 0.3 is 5.97 Å². The minimum Gasteiger partial charge on any atom is -0.481 e. The van der Waals surface area contributed by atoms with E-state index in [2.05, 4.69) is 0 Å². The molecule has 3 heteroatoms. The molecule has 3 N–H and O–H groups in total. The molecule has 1 unspecified atom stereocenters. The number of carboxylic acid groups (broad SMARTS) is 1. The lowest BCUT2D eigenvalue weighted by Crippen LogP contribution is -2.11. The fourth-order valence-corrected chi connectivity index (χ4v) is 1.09. The van der Waals surface area contributed by atoms with Gasteiger partial charge in [-0.3, -0.25) is 4.79 Å². The van der Waals surface area contributed by atoms with Crippen molar-refractivity contribution in [2.24, 2.45) is 11.7 Å². The summed E-state index contributed by atoms with van der Waals surface area (Å²) in [5.41, 5.74) is 5.42. The van der Waals surface area contributed by atoms with Crippen molar-refractivity contribution in [1.29, 1.82) is 0 Å². The quantitative estimate of drug-likeness (QED) is 0.536. The number of hydrogen-bond donors (Lipinski definition) is 2. The lowest BCUT2D eigenvalue weighted by Gasteiger charge is -1.99. The lowest BCUT2D eigenvalue weighted by atomic mass is 10.1. The van der Waals surface area contributed by atoms with Crippen molar-refractivity contribution < 1.29 is 9.90 Å². The van der Waals surface area contributed by atoms with E-state index in [1.807, 2.05) is 0 Å². The molecule has 0 aromatic heterocycles. The van der Waals surface area contributed by atoms with Crippen molar-refractivity contribution in [3.63, 3.8) is 0 Å². The van der Waals surface area contributed by atoms with Crippen LogP contribution in [0.5, 0.6) is 0 Å². The summed E-state index contributed by atoms with van der Waals surface area (Å²) >= 11 is 0. The van der Waals surface area contributed by atoms with Crippen LogP contribution in [0.3, 0.4) is 0 Å². The molecule has 0 bridgehead atoms. The van der Waals surface area contributed by atoms with E-state index in [-0.39, 0.29) is 5.92 Å². The maximum Gasteiger partial charge on any atom is 0.306 e. The summed E-state index contributed by atoms with van der Waals surface area (Å²) in [7, 11) is 0. The smallest absolute Gasteiger partial charge is 0.306 e. The third-order valence-corrected chi connectivity index (χ3v) is 1.67. The Morgan fingerprint density at radius 2 is 2.44 bits per heavy atom. The Morgan fingerprint density at radius 1 is 1.78 bits per heavy atom. The summed E-state index contributed by atoms with van der Waals surface area (Å²) in [6, 6.07) is 0.836. The molecule has 0 heterocycles. The summed E-state index contributed by atoms with van der Waals surface area (Å²) in [5, 5.41) is 8.46. The van der Waals surface area contributed by atoms with Crippen molar-refractivity contribution >= 4 is 5.97 Å². The second kappa shape index (κ2) is 2.35. The zero-order valence-corrected chi connectivity index (χ0v) is 5.13. The van der Waals surface area contributed by atoms with Gasteiger partial charge in [0.2, 0.25) is 0 Å². The van der Waals surface area contributed by atoms with Crippen LogP contribution in [0.2, 0.25) is 0 Å². The van der Waals surface area contributed by atoms with Crippen LogP contribution in [0, 0.1) is 12.0 Å². The predicted octanol–water partition coefficient (Wildman–Crippen LogP) is 0.362. The number of rotatable bonds is 1. The van der Waals surface area contributed by atoms with Gasteiger partial charge in [-0.05, 0) is 19.3 Å². The minimum absolute atomic E-state index is 0.204. The Morgan fingerprint density at radius 3 is 2.67 bits per heavy atom. The van der Waals surface area contributed by atoms with Crippen LogP contribution in [0.4, 0.5) is 0 Å². The molecular weight excluding hydrogens is 118 g/mol. The van der Waals surface area contributed by atoms with E-state index in [1.165, 1.54) is 0 Å². The van der Waals surface area contributed by atoms with E-state index in [0.29, 0.717) is 6.42 Å². The van der Waals surface area contributed by atoms with Crippen LogP contribution in [-0.4, -0.2) is 11.1 Å². The third-order valence-electron chi connectivity index (χ3n) is 1.67. The molecule has 1 aliphatic rings. The highest BCUT2D eigenvalue weighted by atomic mass is 16.4. The topological polar surface area (TPSA) is 63.3 Å². The standard InChI is InChI=1S/C6H10NO2/c7-5-2-1-4(3-5)6(8)9/h4H,1-3,7H2,(H,8,9). The number of nitrogens with two attached hydrogens (primary N) is 1. The summed E-state index contributed by atoms with van der Waals surface area (Å²) in [6.07, 6.45) is 2.09. The molecule has 1 radical (unpaired) electrons. The largest absolute Gasteiger partial charge is 0.481 e. The Hall–Kier alpha value is -0.570. The van der Waals surface area contributed by atoms with E-state index in [9.17, 15) is 4.79 Å². The predicted molar refractivity (Wildman–Crippen MR) is 32.4 cm³/mol. The zero-order chi connectivity index (χ0) is 6.85. The molecule has 0 aromatic carbocycles. The molecular formula is C6H10NO2. The fraction of sp³-hybridized carbons (Fsp3) is 0.667. The van der Waals surface area contributed by atoms with Gasteiger partial charge < -0.3 is 10.8 Å². The van der Waals surface area contributed by atoms with Gasteiger partial charge in [0.25, 0.3) is 0 Å². The van der Waals surface area contributed by atoms with Gasteiger partial charge in [-0.15, -0.1) is 0 Å². The Kier molecular flexibility index (Phi) is 1.71. The normalized spacial score (nSPS) is 28.8. The van der Waals surface area contributed by atoms with E-state index in [4.69, 9.17) is 10.8 Å². The molecule has 1 rings (SSSR count). The second-order valence-electron chi connectivity index (χ2n) is 2.44. The van der Waals surface area contributed by atoms with E-state index < -0.39 is 5.97 Å². The number of carbonyl (C=O) groups is 1. The molecule has 1 fully saturated rings. The highest BCUT2D eigenvalue weighted by molar-refractivity contribution is 5.70. The average molecular weight is 128 g/mol. The van der Waals surface area contributed by atoms with Crippen molar-refractivity contribution in [1.82, 2.24) is 0 Å². The Labute approximate surface area is 53.9 Å². The lowest BCUT2D eigenvalue weighted by molar-refractivity contribution is -0.141. The molecule has 0 saturated heterocycles. The molecule has 1 aliphatic carbocycles. The molecule has 51 valence electrons. The summed E-state index contributed by atoms with van der Waals surface area (Å²) in [4.78, 5) is 10.3. The molecule has 3 nitrogen and oxygen atoms in total. The molecule has 0 spiro atoms. The number of aliphatic carboxylic acids is 1. The monoisotopic (exact) mass is 128 g/mol. The average Bonchev–Trinajstić information content (AvgIpc) is 2.14. The van der Waals surface area contributed by atoms with Gasteiger partial charge in [0.05, 0.1) is 5.92 Å². The van der Waals surface area contributed by atoms with Crippen molar-refractivity contribution in [2.45, 2.75) is 19.3 Å². The van der Waals surface area contributed by atoms with Crippen molar-refractivity contribution in [3.05, 3.63) is 6.04 Å². The summed E-state index contributed by atoms with van der Waals surface area (Å²) in [6.45, 7) is 0. The van der Waals surface area contributed by atoms with Crippen LogP contribution in [0.25, 0.3) is 0 Å². The first-order valence-corrected chi connectivity index (χ1v) is 3.03. The molecule has 9 heavy (non-hydrogen) atoms. The second-order valence-corrected chi connectivity index (χ2v) is 2.44. The summed E-state index contributed by atoms with van der Waals surface area (Å²) < 4.78 is 0. The zero-order valence-electron chi connectivity index (χ0n) is 5.13. The minimum atomic E-state index is -0.713. The van der Waals surface area contributed by atoms with Gasteiger partial charge in [0.1, 0.15) is 0 Å². The highest BCUT2D eigenvalue weighted by Gasteiger charge is 2.27. The molecule has 0 amide bonds. The number of carboxylic acids is 1. The van der Waals surface area contributed by atoms with Crippen molar-refractivity contribution in [3.8, 4) is 0 Å². The Balaban J connectivity index is 2.39. The summed E-state index contributed by atoms with van der Waals surface area (Å²) in [5.74, 6) is -0.916. The van der Waals surface area contributed by atoms with Gasteiger partial charge in [0.15, 0.2) is 0 Å². The maximum absolute atomic E-state index is 10.3. The van der Waals surface area contributed by atoms with E-state index in [1.54, 1.807) is 0 Å². The van der Waals surface area contributed by atoms with Gasteiger partial charge in [-0.25, -0.2) is 0 Å². The van der Waals surface area contributed by atoms with E-state index in [0.717, 1.165) is 18.9 Å². The molecule has 0 aliphatic heterocycles. The van der Waals surface area contributed by atoms with Crippen LogP contribution >= 0.6 is 0 Å². The molecule has 1 atom stereocenters. The van der Waals surface area contributed by atoms with Gasteiger partial charge in [-0.1, -0.05) is 0 Å². The van der Waals surface area contributed by atoms with Crippen LogP contribution in [0.1, 0.15) is 19.3 Å². The molecule has 0 aromatic rings. The fourth-order valence-electron chi connectivity index (χ4n) is 1.09. The van der Waals surface area contributed by atoms with E-state index >= 15 is 0 Å². The van der Waals surface area contributed by atoms with Crippen LogP contribution in [0.15, 0.2) is 0 Å². The first-order chi connectivity index (χ1) is 4.20. The van der Waals surface area contributed by atoms with Crippen molar-refractivity contribution in [2.75, 3.05) is 0 Å². The van der Waals surface area contributed by atoms with Gasteiger partial charge in [-0.2, -0.15) is 0 Å². The third kappa shape index (κ3) is 1.42.